The number of nitrogens with one attached hydrogen (secondary N) is 2. The van der Waals surface area contributed by atoms with E-state index in [-0.39, 0.29) is 41.6 Å². The Hall–Kier alpha value is -2.16. The average molecular weight is 510 g/mol. The van der Waals surface area contributed by atoms with Crippen LogP contribution in [0.1, 0.15) is 30.4 Å². The zero-order valence-electron chi connectivity index (χ0n) is 16.8. The van der Waals surface area contributed by atoms with Gasteiger partial charge in [-0.15, -0.1) is 24.0 Å². The number of hydrogen-bond donors (Lipinski definition) is 2. The normalized spacial score (nSPS) is 13.8. The topological polar surface area (TPSA) is 56.7 Å². The van der Waals surface area contributed by atoms with Crippen LogP contribution in [0.25, 0.3) is 0 Å². The smallest absolute Gasteiger partial charge is 0.227 e. The SMILES string of the molecule is CN=C(NCc1cccc(NC(=O)C2CCC2)c1)N(C)Cc1cccc(F)c1.I. The van der Waals surface area contributed by atoms with Crippen LogP contribution in [0.3, 0.4) is 0 Å². The van der Waals surface area contributed by atoms with Gasteiger partial charge in [0.25, 0.3) is 0 Å². The molecule has 0 spiro atoms. The highest BCUT2D eigenvalue weighted by atomic mass is 127. The predicted octanol–water partition coefficient (Wildman–Crippen LogP) is 4.39. The Morgan fingerprint density at radius 3 is 2.55 bits per heavy atom. The van der Waals surface area contributed by atoms with E-state index in [1.165, 1.54) is 12.1 Å². The van der Waals surface area contributed by atoms with Gasteiger partial charge in [0.1, 0.15) is 5.82 Å². The molecule has 0 atom stereocenters. The summed E-state index contributed by atoms with van der Waals surface area (Å²) in [5, 5.41) is 6.32. The van der Waals surface area contributed by atoms with E-state index < -0.39 is 0 Å². The van der Waals surface area contributed by atoms with Crippen LogP contribution in [0.5, 0.6) is 0 Å². The number of amides is 1. The minimum absolute atomic E-state index is 0. The quantitative estimate of drug-likeness (QED) is 0.345. The summed E-state index contributed by atoms with van der Waals surface area (Å²) < 4.78 is 13.4. The van der Waals surface area contributed by atoms with E-state index in [4.69, 9.17) is 0 Å². The number of halogens is 2. The molecule has 1 aliphatic rings. The van der Waals surface area contributed by atoms with Crippen molar-refractivity contribution in [3.05, 3.63) is 65.5 Å². The summed E-state index contributed by atoms with van der Waals surface area (Å²) >= 11 is 0. The van der Waals surface area contributed by atoms with Crippen molar-refractivity contribution in [2.24, 2.45) is 10.9 Å². The molecule has 0 unspecified atom stereocenters. The molecule has 29 heavy (non-hydrogen) atoms. The Bertz CT molecular complexity index is 854. The molecule has 0 bridgehead atoms. The lowest BCUT2D eigenvalue weighted by molar-refractivity contribution is -0.122. The van der Waals surface area contributed by atoms with Crippen LogP contribution in [-0.2, 0) is 17.9 Å². The van der Waals surface area contributed by atoms with E-state index in [0.29, 0.717) is 19.0 Å². The average Bonchev–Trinajstić information content (AvgIpc) is 2.61. The molecule has 2 aromatic carbocycles. The van der Waals surface area contributed by atoms with Gasteiger partial charge in [-0.25, -0.2) is 4.39 Å². The van der Waals surface area contributed by atoms with Gasteiger partial charge in [-0.05, 0) is 48.2 Å². The summed E-state index contributed by atoms with van der Waals surface area (Å²) in [6, 6.07) is 14.4. The largest absolute Gasteiger partial charge is 0.352 e. The van der Waals surface area contributed by atoms with Crippen LogP contribution in [0.2, 0.25) is 0 Å². The van der Waals surface area contributed by atoms with Gasteiger partial charge < -0.3 is 15.5 Å². The third-order valence-electron chi connectivity index (χ3n) is 5.00. The number of rotatable bonds is 6. The van der Waals surface area contributed by atoms with Crippen molar-refractivity contribution in [1.82, 2.24) is 10.2 Å². The lowest BCUT2D eigenvalue weighted by Crippen LogP contribution is -2.38. The number of benzene rings is 2. The highest BCUT2D eigenvalue weighted by Crippen LogP contribution is 2.27. The molecule has 2 aromatic rings. The Morgan fingerprint density at radius 2 is 1.90 bits per heavy atom. The number of carbonyl (C=O) groups is 1. The van der Waals surface area contributed by atoms with Gasteiger partial charge in [-0.3, -0.25) is 9.79 Å². The minimum atomic E-state index is -0.241. The van der Waals surface area contributed by atoms with Gasteiger partial charge in [-0.1, -0.05) is 30.7 Å². The molecule has 0 saturated heterocycles. The second-order valence-electron chi connectivity index (χ2n) is 7.20. The molecule has 0 heterocycles. The van der Waals surface area contributed by atoms with E-state index >= 15 is 0 Å². The van der Waals surface area contributed by atoms with Gasteiger partial charge in [0.2, 0.25) is 5.91 Å². The van der Waals surface area contributed by atoms with E-state index in [1.807, 2.05) is 42.3 Å². The van der Waals surface area contributed by atoms with Crippen molar-refractivity contribution in [1.29, 1.82) is 0 Å². The van der Waals surface area contributed by atoms with Crippen LogP contribution in [0.4, 0.5) is 10.1 Å². The molecule has 5 nitrogen and oxygen atoms in total. The first-order valence-electron chi connectivity index (χ1n) is 9.61. The molecule has 1 saturated carbocycles. The predicted molar refractivity (Wildman–Crippen MR) is 126 cm³/mol. The Kier molecular flexibility index (Phi) is 8.88. The fourth-order valence-electron chi connectivity index (χ4n) is 3.22. The number of anilines is 1. The molecule has 1 aliphatic carbocycles. The molecule has 3 rings (SSSR count). The maximum Gasteiger partial charge on any atom is 0.227 e. The van der Waals surface area contributed by atoms with Gasteiger partial charge in [0.05, 0.1) is 0 Å². The maximum absolute atomic E-state index is 13.4. The van der Waals surface area contributed by atoms with Crippen molar-refractivity contribution in [2.45, 2.75) is 32.4 Å². The van der Waals surface area contributed by atoms with Crippen molar-refractivity contribution in [3.63, 3.8) is 0 Å². The van der Waals surface area contributed by atoms with Crippen molar-refractivity contribution in [3.8, 4) is 0 Å². The fraction of sp³-hybridized carbons (Fsp3) is 0.364. The summed E-state index contributed by atoms with van der Waals surface area (Å²) in [7, 11) is 3.63. The molecule has 1 amide bonds. The van der Waals surface area contributed by atoms with Crippen LogP contribution in [0.15, 0.2) is 53.5 Å². The first-order valence-corrected chi connectivity index (χ1v) is 9.61. The number of carbonyl (C=O) groups excluding carboxylic acids is 1. The van der Waals surface area contributed by atoms with Gasteiger partial charge in [0.15, 0.2) is 5.96 Å². The molecule has 1 fully saturated rings. The molecule has 2 N–H and O–H groups in total. The maximum atomic E-state index is 13.4. The third kappa shape index (κ3) is 6.69. The van der Waals surface area contributed by atoms with E-state index in [2.05, 4.69) is 15.6 Å². The first-order chi connectivity index (χ1) is 13.5. The molecule has 0 aliphatic heterocycles. The highest BCUT2D eigenvalue weighted by molar-refractivity contribution is 14.0. The second kappa shape index (κ2) is 11.1. The van der Waals surface area contributed by atoms with Gasteiger partial charge in [-0.2, -0.15) is 0 Å². The molecular weight excluding hydrogens is 482 g/mol. The van der Waals surface area contributed by atoms with Crippen molar-refractivity contribution < 1.29 is 9.18 Å². The van der Waals surface area contributed by atoms with Crippen LogP contribution in [-0.4, -0.2) is 30.9 Å². The molecular formula is C22H28FIN4O. The van der Waals surface area contributed by atoms with Gasteiger partial charge in [0, 0.05) is 38.8 Å². The molecule has 0 radical (unpaired) electrons. The van der Waals surface area contributed by atoms with E-state index in [0.717, 1.165) is 36.1 Å². The summed E-state index contributed by atoms with van der Waals surface area (Å²) in [6.07, 6.45) is 3.12. The Balaban J connectivity index is 0.00000300. The van der Waals surface area contributed by atoms with Gasteiger partial charge >= 0.3 is 0 Å². The lowest BCUT2D eigenvalue weighted by atomic mass is 9.85. The van der Waals surface area contributed by atoms with Crippen molar-refractivity contribution in [2.75, 3.05) is 19.4 Å². The molecule has 0 aromatic heterocycles. The first kappa shape index (κ1) is 23.1. The summed E-state index contributed by atoms with van der Waals surface area (Å²) in [4.78, 5) is 18.4. The number of guanidine groups is 1. The third-order valence-corrected chi connectivity index (χ3v) is 5.00. The zero-order chi connectivity index (χ0) is 19.9. The monoisotopic (exact) mass is 510 g/mol. The Morgan fingerprint density at radius 1 is 1.17 bits per heavy atom. The minimum Gasteiger partial charge on any atom is -0.352 e. The second-order valence-corrected chi connectivity index (χ2v) is 7.20. The number of hydrogen-bond acceptors (Lipinski definition) is 2. The number of aliphatic imine (C=N–C) groups is 1. The zero-order valence-corrected chi connectivity index (χ0v) is 19.2. The van der Waals surface area contributed by atoms with Crippen LogP contribution in [0, 0.1) is 11.7 Å². The van der Waals surface area contributed by atoms with E-state index in [9.17, 15) is 9.18 Å². The lowest BCUT2D eigenvalue weighted by Gasteiger charge is -2.24. The fourth-order valence-corrected chi connectivity index (χ4v) is 3.22. The molecule has 7 heteroatoms. The van der Waals surface area contributed by atoms with Crippen LogP contribution >= 0.6 is 24.0 Å². The van der Waals surface area contributed by atoms with E-state index in [1.54, 1.807) is 13.1 Å². The highest BCUT2D eigenvalue weighted by Gasteiger charge is 2.25. The number of nitrogens with zero attached hydrogens (tertiary/aromatic N) is 2. The Labute approximate surface area is 188 Å². The summed E-state index contributed by atoms with van der Waals surface area (Å²) in [5.74, 6) is 0.752. The van der Waals surface area contributed by atoms with Crippen LogP contribution < -0.4 is 10.6 Å². The molecule has 156 valence electrons. The van der Waals surface area contributed by atoms with Crippen molar-refractivity contribution >= 4 is 41.5 Å². The standard InChI is InChI=1S/C22H27FN4O.HI/c1-24-22(27(2)15-17-7-3-10-19(23)12-17)25-14-16-6-4-11-20(13-16)26-21(28)18-8-5-9-18;/h3-4,6-7,10-13,18H,5,8-9,14-15H2,1-2H3,(H,24,25)(H,26,28);1H. The summed E-state index contributed by atoms with van der Waals surface area (Å²) in [5.41, 5.74) is 2.75. The summed E-state index contributed by atoms with van der Waals surface area (Å²) in [6.45, 7) is 1.13.